The van der Waals surface area contributed by atoms with Gasteiger partial charge in [-0.2, -0.15) is 0 Å². The number of hydrogen-bond donors (Lipinski definition) is 1. The molecule has 4 nitrogen and oxygen atoms in total. The number of piperazine rings is 1. The highest BCUT2D eigenvalue weighted by Crippen LogP contribution is 2.27. The average molecular weight is 293 g/mol. The van der Waals surface area contributed by atoms with Crippen LogP contribution >= 0.6 is 11.3 Å². The van der Waals surface area contributed by atoms with E-state index in [2.05, 4.69) is 11.8 Å². The van der Waals surface area contributed by atoms with E-state index in [4.69, 9.17) is 5.73 Å². The van der Waals surface area contributed by atoms with Crippen molar-refractivity contribution in [2.45, 2.75) is 44.3 Å². The van der Waals surface area contributed by atoms with Gasteiger partial charge in [0.1, 0.15) is 6.04 Å². The van der Waals surface area contributed by atoms with Gasteiger partial charge in [-0.15, -0.1) is 11.3 Å². The fourth-order valence-corrected chi connectivity index (χ4v) is 4.15. The quantitative estimate of drug-likeness (QED) is 0.905. The van der Waals surface area contributed by atoms with Crippen LogP contribution < -0.4 is 5.73 Å². The Morgan fingerprint density at radius 1 is 1.45 bits per heavy atom. The Bertz CT molecular complexity index is 462. The first-order valence-corrected chi connectivity index (χ1v) is 8.38. The second-order valence-corrected chi connectivity index (χ2v) is 6.96. The van der Waals surface area contributed by atoms with Crippen molar-refractivity contribution < 1.29 is 4.79 Å². The van der Waals surface area contributed by atoms with Crippen LogP contribution in [0.3, 0.4) is 0 Å². The molecule has 2 saturated heterocycles. The zero-order valence-electron chi connectivity index (χ0n) is 12.0. The van der Waals surface area contributed by atoms with E-state index < -0.39 is 6.04 Å². The van der Waals surface area contributed by atoms with Crippen LogP contribution in [-0.4, -0.2) is 47.4 Å². The van der Waals surface area contributed by atoms with E-state index >= 15 is 0 Å². The molecular formula is C15H23N3OS. The normalized spacial score (nSPS) is 29.0. The number of rotatable bonds is 2. The van der Waals surface area contributed by atoms with Crippen molar-refractivity contribution in [3.05, 3.63) is 22.4 Å². The molecule has 0 bridgehead atoms. The number of piperidine rings is 1. The summed E-state index contributed by atoms with van der Waals surface area (Å²) < 4.78 is 0. The Hall–Kier alpha value is -0.910. The van der Waals surface area contributed by atoms with Gasteiger partial charge in [-0.1, -0.05) is 12.5 Å². The molecule has 3 unspecified atom stereocenters. The van der Waals surface area contributed by atoms with Gasteiger partial charge in [0, 0.05) is 30.1 Å². The van der Waals surface area contributed by atoms with Crippen LogP contribution in [0.4, 0.5) is 0 Å². The predicted octanol–water partition coefficient (Wildman–Crippen LogP) is 1.83. The lowest BCUT2D eigenvalue weighted by atomic mass is 9.96. The van der Waals surface area contributed by atoms with Crippen molar-refractivity contribution in [2.24, 2.45) is 5.73 Å². The van der Waals surface area contributed by atoms with Crippen molar-refractivity contribution >= 4 is 17.2 Å². The molecule has 0 spiro atoms. The van der Waals surface area contributed by atoms with Gasteiger partial charge in [-0.05, 0) is 37.8 Å². The molecule has 110 valence electrons. The molecule has 3 atom stereocenters. The lowest BCUT2D eigenvalue weighted by Gasteiger charge is -2.48. The molecule has 2 N–H and O–H groups in total. The highest BCUT2D eigenvalue weighted by Gasteiger charge is 2.37. The second-order valence-electron chi connectivity index (χ2n) is 5.98. The molecule has 3 heterocycles. The van der Waals surface area contributed by atoms with Crippen LogP contribution in [0.25, 0.3) is 0 Å². The molecule has 1 amide bonds. The Morgan fingerprint density at radius 2 is 2.30 bits per heavy atom. The predicted molar refractivity (Wildman–Crippen MR) is 81.6 cm³/mol. The van der Waals surface area contributed by atoms with Gasteiger partial charge in [0.15, 0.2) is 0 Å². The number of nitrogens with zero attached hydrogens (tertiary/aromatic N) is 2. The molecule has 0 radical (unpaired) electrons. The summed E-state index contributed by atoms with van der Waals surface area (Å²) in [7, 11) is 0. The van der Waals surface area contributed by atoms with Crippen molar-refractivity contribution in [1.82, 2.24) is 9.80 Å². The zero-order valence-corrected chi connectivity index (χ0v) is 12.8. The number of hydrogen-bond acceptors (Lipinski definition) is 4. The maximum absolute atomic E-state index is 12.7. The van der Waals surface area contributed by atoms with Crippen LogP contribution in [-0.2, 0) is 4.79 Å². The minimum absolute atomic E-state index is 0.0881. The maximum atomic E-state index is 12.7. The number of fused-ring (bicyclic) bond motifs is 1. The van der Waals surface area contributed by atoms with E-state index in [0.717, 1.165) is 18.0 Å². The molecule has 2 aliphatic heterocycles. The third kappa shape index (κ3) is 2.62. The molecule has 1 aromatic rings. The Morgan fingerprint density at radius 3 is 3.05 bits per heavy atom. The van der Waals surface area contributed by atoms with Crippen LogP contribution in [0.2, 0.25) is 0 Å². The smallest absolute Gasteiger partial charge is 0.245 e. The van der Waals surface area contributed by atoms with Gasteiger partial charge >= 0.3 is 0 Å². The SMILES string of the molecule is CC1CN2CCCCC2CN1C(=O)C(N)c1cccs1. The standard InChI is InChI=1S/C15H23N3OS/c1-11-9-17-7-3-2-5-12(17)10-18(11)15(19)14(16)13-6-4-8-20-13/h4,6,8,11-12,14H,2-3,5,7,9-10,16H2,1H3. The number of thiophene rings is 1. The second kappa shape index (κ2) is 5.84. The topological polar surface area (TPSA) is 49.6 Å². The van der Waals surface area contributed by atoms with Crippen LogP contribution in [0.15, 0.2) is 17.5 Å². The fourth-order valence-electron chi connectivity index (χ4n) is 3.43. The average Bonchev–Trinajstić information content (AvgIpc) is 2.99. The largest absolute Gasteiger partial charge is 0.335 e. The third-order valence-corrected chi connectivity index (χ3v) is 5.54. The maximum Gasteiger partial charge on any atom is 0.245 e. The van der Waals surface area contributed by atoms with E-state index in [1.54, 1.807) is 11.3 Å². The minimum atomic E-state index is -0.493. The minimum Gasteiger partial charge on any atom is -0.335 e. The van der Waals surface area contributed by atoms with E-state index in [9.17, 15) is 4.79 Å². The summed E-state index contributed by atoms with van der Waals surface area (Å²) in [6.07, 6.45) is 3.80. The highest BCUT2D eigenvalue weighted by atomic mass is 32.1. The van der Waals surface area contributed by atoms with Crippen molar-refractivity contribution in [2.75, 3.05) is 19.6 Å². The summed E-state index contributed by atoms with van der Waals surface area (Å²) in [5, 5.41) is 1.98. The molecule has 2 aliphatic rings. The van der Waals surface area contributed by atoms with Crippen molar-refractivity contribution in [1.29, 1.82) is 0 Å². The summed E-state index contributed by atoms with van der Waals surface area (Å²) in [5.41, 5.74) is 6.15. The first-order chi connectivity index (χ1) is 9.66. The molecular weight excluding hydrogens is 270 g/mol. The summed E-state index contributed by atoms with van der Waals surface area (Å²) in [4.78, 5) is 18.2. The number of amides is 1. The monoisotopic (exact) mass is 293 g/mol. The lowest BCUT2D eigenvalue weighted by molar-refractivity contribution is -0.139. The van der Waals surface area contributed by atoms with Crippen molar-refractivity contribution in [3.63, 3.8) is 0 Å². The summed E-state index contributed by atoms with van der Waals surface area (Å²) in [6, 6.07) is 4.22. The lowest BCUT2D eigenvalue weighted by Crippen LogP contribution is -2.61. The van der Waals surface area contributed by atoms with Gasteiger partial charge in [-0.25, -0.2) is 0 Å². The van der Waals surface area contributed by atoms with E-state index in [1.807, 2.05) is 22.4 Å². The molecule has 0 saturated carbocycles. The van der Waals surface area contributed by atoms with Crippen LogP contribution in [0, 0.1) is 0 Å². The molecule has 3 rings (SSSR count). The molecule has 20 heavy (non-hydrogen) atoms. The summed E-state index contributed by atoms with van der Waals surface area (Å²) >= 11 is 1.56. The Balaban J connectivity index is 1.71. The third-order valence-electron chi connectivity index (χ3n) is 4.59. The van der Waals surface area contributed by atoms with E-state index in [1.165, 1.54) is 25.8 Å². The van der Waals surface area contributed by atoms with Crippen LogP contribution in [0.5, 0.6) is 0 Å². The van der Waals surface area contributed by atoms with Gasteiger partial charge in [0.25, 0.3) is 0 Å². The first-order valence-electron chi connectivity index (χ1n) is 7.50. The summed E-state index contributed by atoms with van der Waals surface area (Å²) in [5.74, 6) is 0.0881. The fraction of sp³-hybridized carbons (Fsp3) is 0.667. The van der Waals surface area contributed by atoms with Crippen LogP contribution in [0.1, 0.15) is 37.1 Å². The molecule has 2 fully saturated rings. The Kier molecular flexibility index (Phi) is 4.10. The van der Waals surface area contributed by atoms with Gasteiger partial charge < -0.3 is 10.6 Å². The highest BCUT2D eigenvalue weighted by molar-refractivity contribution is 7.10. The molecule has 5 heteroatoms. The molecule has 0 aromatic carbocycles. The van der Waals surface area contributed by atoms with Gasteiger partial charge in [0.2, 0.25) is 5.91 Å². The molecule has 0 aliphatic carbocycles. The van der Waals surface area contributed by atoms with E-state index in [0.29, 0.717) is 6.04 Å². The number of carbonyl (C=O) groups is 1. The van der Waals surface area contributed by atoms with E-state index in [-0.39, 0.29) is 11.9 Å². The zero-order chi connectivity index (χ0) is 14.1. The Labute approximate surface area is 124 Å². The number of nitrogens with two attached hydrogens (primary N) is 1. The van der Waals surface area contributed by atoms with Gasteiger partial charge in [-0.3, -0.25) is 9.69 Å². The van der Waals surface area contributed by atoms with Gasteiger partial charge in [0.05, 0.1) is 0 Å². The number of carbonyl (C=O) groups excluding carboxylic acids is 1. The van der Waals surface area contributed by atoms with Crippen molar-refractivity contribution in [3.8, 4) is 0 Å². The summed E-state index contributed by atoms with van der Waals surface area (Å²) in [6.45, 7) is 5.17. The first kappa shape index (κ1) is 14.0. The molecule has 1 aromatic heterocycles.